The third kappa shape index (κ3) is 3.80. The van der Waals surface area contributed by atoms with Gasteiger partial charge in [0.25, 0.3) is 0 Å². The maximum atomic E-state index is 3.36. The number of hydrogen-bond acceptors (Lipinski definition) is 3. The molecule has 1 saturated carbocycles. The SMILES string of the molecule is CCCC(CNC)N(Cc1cccs1)C1CC1. The second kappa shape index (κ2) is 6.53. The van der Waals surface area contributed by atoms with Crippen molar-refractivity contribution in [3.63, 3.8) is 0 Å². The van der Waals surface area contributed by atoms with Gasteiger partial charge < -0.3 is 5.32 Å². The van der Waals surface area contributed by atoms with Gasteiger partial charge in [-0.2, -0.15) is 0 Å². The van der Waals surface area contributed by atoms with E-state index >= 15 is 0 Å². The van der Waals surface area contributed by atoms with Crippen LogP contribution in [0.25, 0.3) is 0 Å². The van der Waals surface area contributed by atoms with Gasteiger partial charge in [-0.1, -0.05) is 19.4 Å². The Bertz CT molecular complexity index is 300. The Hall–Kier alpha value is -0.380. The van der Waals surface area contributed by atoms with Gasteiger partial charge in [-0.05, 0) is 37.8 Å². The molecule has 0 spiro atoms. The molecule has 1 atom stereocenters. The summed E-state index contributed by atoms with van der Waals surface area (Å²) in [5.74, 6) is 0. The molecule has 1 unspecified atom stereocenters. The first-order valence-corrected chi connectivity index (χ1v) is 7.65. The van der Waals surface area contributed by atoms with E-state index < -0.39 is 0 Å². The Morgan fingerprint density at radius 1 is 1.53 bits per heavy atom. The van der Waals surface area contributed by atoms with Crippen molar-refractivity contribution < 1.29 is 0 Å². The first-order chi connectivity index (χ1) is 8.35. The van der Waals surface area contributed by atoms with E-state index in [2.05, 4.69) is 41.7 Å². The summed E-state index contributed by atoms with van der Waals surface area (Å²) < 4.78 is 0. The van der Waals surface area contributed by atoms with Gasteiger partial charge in [0.1, 0.15) is 0 Å². The first-order valence-electron chi connectivity index (χ1n) is 6.78. The fourth-order valence-corrected chi connectivity index (χ4v) is 3.21. The zero-order valence-electron chi connectivity index (χ0n) is 11.0. The van der Waals surface area contributed by atoms with Crippen LogP contribution in [0.4, 0.5) is 0 Å². The first kappa shape index (κ1) is 13.1. The number of nitrogens with one attached hydrogen (secondary N) is 1. The highest BCUT2D eigenvalue weighted by Crippen LogP contribution is 2.31. The lowest BCUT2D eigenvalue weighted by Crippen LogP contribution is -2.42. The van der Waals surface area contributed by atoms with Crippen LogP contribution in [-0.2, 0) is 6.54 Å². The van der Waals surface area contributed by atoms with Gasteiger partial charge in [-0.25, -0.2) is 0 Å². The third-order valence-corrected chi connectivity index (χ3v) is 4.33. The molecule has 0 amide bonds. The summed E-state index contributed by atoms with van der Waals surface area (Å²) in [7, 11) is 2.07. The maximum Gasteiger partial charge on any atom is 0.0334 e. The highest BCUT2D eigenvalue weighted by molar-refractivity contribution is 7.09. The molecule has 0 radical (unpaired) electrons. The minimum absolute atomic E-state index is 0.708. The lowest BCUT2D eigenvalue weighted by atomic mass is 10.1. The zero-order chi connectivity index (χ0) is 12.1. The molecule has 0 saturated heterocycles. The smallest absolute Gasteiger partial charge is 0.0334 e. The summed E-state index contributed by atoms with van der Waals surface area (Å²) in [5, 5.41) is 5.54. The van der Waals surface area contributed by atoms with Crippen molar-refractivity contribution in [2.24, 2.45) is 0 Å². The molecule has 3 heteroatoms. The Morgan fingerprint density at radius 3 is 2.88 bits per heavy atom. The summed E-state index contributed by atoms with van der Waals surface area (Å²) in [6.45, 7) is 4.56. The van der Waals surface area contributed by atoms with E-state index in [9.17, 15) is 0 Å². The van der Waals surface area contributed by atoms with E-state index in [1.54, 1.807) is 0 Å². The van der Waals surface area contributed by atoms with Crippen LogP contribution in [0.1, 0.15) is 37.5 Å². The predicted molar refractivity (Wildman–Crippen MR) is 75.5 cm³/mol. The van der Waals surface area contributed by atoms with Gasteiger partial charge >= 0.3 is 0 Å². The lowest BCUT2D eigenvalue weighted by Gasteiger charge is -2.31. The van der Waals surface area contributed by atoms with Gasteiger partial charge in [0.2, 0.25) is 0 Å². The molecule has 0 aromatic carbocycles. The molecule has 96 valence electrons. The highest BCUT2D eigenvalue weighted by Gasteiger charge is 2.33. The second-order valence-corrected chi connectivity index (χ2v) is 6.02. The van der Waals surface area contributed by atoms with Gasteiger partial charge in [0.05, 0.1) is 0 Å². The Balaban J connectivity index is 1.98. The average Bonchev–Trinajstić information content (AvgIpc) is 3.04. The monoisotopic (exact) mass is 252 g/mol. The fraction of sp³-hybridized carbons (Fsp3) is 0.714. The predicted octanol–water partition coefficient (Wildman–Crippen LogP) is 3.10. The van der Waals surface area contributed by atoms with Crippen LogP contribution < -0.4 is 5.32 Å². The van der Waals surface area contributed by atoms with Crippen LogP contribution in [-0.4, -0.2) is 30.6 Å². The Kier molecular flexibility index (Phi) is 5.01. The molecule has 1 fully saturated rings. The Labute approximate surface area is 109 Å². The summed E-state index contributed by atoms with van der Waals surface area (Å²) in [6.07, 6.45) is 5.38. The van der Waals surface area contributed by atoms with Crippen molar-refractivity contribution in [2.45, 2.75) is 51.2 Å². The molecule has 1 N–H and O–H groups in total. The average molecular weight is 252 g/mol. The van der Waals surface area contributed by atoms with Crippen molar-refractivity contribution in [1.29, 1.82) is 0 Å². The molecule has 1 heterocycles. The summed E-state index contributed by atoms with van der Waals surface area (Å²) in [4.78, 5) is 4.24. The van der Waals surface area contributed by atoms with E-state index in [-0.39, 0.29) is 0 Å². The summed E-state index contributed by atoms with van der Waals surface area (Å²) in [6, 6.07) is 5.99. The van der Waals surface area contributed by atoms with Gasteiger partial charge in [0, 0.05) is 30.1 Å². The van der Waals surface area contributed by atoms with Crippen molar-refractivity contribution in [3.05, 3.63) is 22.4 Å². The Morgan fingerprint density at radius 2 is 2.35 bits per heavy atom. The zero-order valence-corrected chi connectivity index (χ0v) is 11.8. The number of hydrogen-bond donors (Lipinski definition) is 1. The van der Waals surface area contributed by atoms with E-state index in [4.69, 9.17) is 0 Å². The van der Waals surface area contributed by atoms with Crippen molar-refractivity contribution >= 4 is 11.3 Å². The largest absolute Gasteiger partial charge is 0.318 e. The molecule has 0 aliphatic heterocycles. The summed E-state index contributed by atoms with van der Waals surface area (Å²) in [5.41, 5.74) is 0. The van der Waals surface area contributed by atoms with Crippen LogP contribution in [0.3, 0.4) is 0 Å². The number of likely N-dealkylation sites (N-methyl/N-ethyl adjacent to an activating group) is 1. The summed E-state index contributed by atoms with van der Waals surface area (Å²) >= 11 is 1.89. The van der Waals surface area contributed by atoms with Crippen molar-refractivity contribution in [1.82, 2.24) is 10.2 Å². The molecular formula is C14H24N2S. The standard InChI is InChI=1S/C14H24N2S/c1-3-5-13(10-15-2)16(12-7-8-12)11-14-6-4-9-17-14/h4,6,9,12-13,15H,3,5,7-8,10-11H2,1-2H3. The van der Waals surface area contributed by atoms with E-state index in [1.807, 2.05) is 11.3 Å². The van der Waals surface area contributed by atoms with Crippen LogP contribution in [0.15, 0.2) is 17.5 Å². The molecule has 1 aromatic rings. The quantitative estimate of drug-likeness (QED) is 0.765. The molecule has 2 nitrogen and oxygen atoms in total. The molecule has 1 aliphatic carbocycles. The maximum absolute atomic E-state index is 3.36. The van der Waals surface area contributed by atoms with Crippen LogP contribution in [0.2, 0.25) is 0 Å². The molecule has 17 heavy (non-hydrogen) atoms. The topological polar surface area (TPSA) is 15.3 Å². The molecule has 1 aromatic heterocycles. The third-order valence-electron chi connectivity index (χ3n) is 3.47. The lowest BCUT2D eigenvalue weighted by molar-refractivity contribution is 0.166. The molecule has 0 bridgehead atoms. The molecular weight excluding hydrogens is 228 g/mol. The number of thiophene rings is 1. The van der Waals surface area contributed by atoms with E-state index in [1.165, 1.54) is 30.6 Å². The van der Waals surface area contributed by atoms with E-state index in [0.29, 0.717) is 6.04 Å². The molecule has 2 rings (SSSR count). The van der Waals surface area contributed by atoms with Gasteiger partial charge in [0.15, 0.2) is 0 Å². The van der Waals surface area contributed by atoms with Gasteiger partial charge in [-0.15, -0.1) is 11.3 Å². The normalized spacial score (nSPS) is 17.6. The molecule has 1 aliphatic rings. The van der Waals surface area contributed by atoms with Crippen molar-refractivity contribution in [2.75, 3.05) is 13.6 Å². The number of rotatable bonds is 8. The van der Waals surface area contributed by atoms with Gasteiger partial charge in [-0.3, -0.25) is 4.90 Å². The minimum atomic E-state index is 0.708. The second-order valence-electron chi connectivity index (χ2n) is 4.98. The minimum Gasteiger partial charge on any atom is -0.318 e. The number of nitrogens with zero attached hydrogens (tertiary/aromatic N) is 1. The van der Waals surface area contributed by atoms with Crippen LogP contribution in [0, 0.1) is 0 Å². The fourth-order valence-electron chi connectivity index (χ4n) is 2.50. The highest BCUT2D eigenvalue weighted by atomic mass is 32.1. The van der Waals surface area contributed by atoms with E-state index in [0.717, 1.165) is 19.1 Å². The van der Waals surface area contributed by atoms with Crippen molar-refractivity contribution in [3.8, 4) is 0 Å². The van der Waals surface area contributed by atoms with Crippen LogP contribution in [0.5, 0.6) is 0 Å². The van der Waals surface area contributed by atoms with Crippen LogP contribution >= 0.6 is 11.3 Å².